The molecule has 2 N–H and O–H groups in total. The molecule has 0 amide bonds. The van der Waals surface area contributed by atoms with Crippen molar-refractivity contribution in [3.8, 4) is 5.88 Å². The average Bonchev–Trinajstić information content (AvgIpc) is 3.22. The second-order valence-electron chi connectivity index (χ2n) is 6.26. The van der Waals surface area contributed by atoms with E-state index in [2.05, 4.69) is 45.0 Å². The van der Waals surface area contributed by atoms with Crippen LogP contribution in [-0.4, -0.2) is 43.7 Å². The summed E-state index contributed by atoms with van der Waals surface area (Å²) in [6, 6.07) is 8.64. The number of aliphatic imine (C=N–C) groups is 1. The van der Waals surface area contributed by atoms with Crippen molar-refractivity contribution >= 4 is 22.3 Å². The molecule has 0 unspecified atom stereocenters. The molecule has 0 aliphatic carbocycles. The zero-order chi connectivity index (χ0) is 18.2. The Morgan fingerprint density at radius 1 is 1.35 bits per heavy atom. The van der Waals surface area contributed by atoms with Gasteiger partial charge in [-0.3, -0.25) is 0 Å². The van der Waals surface area contributed by atoms with Crippen LogP contribution in [0, 0.1) is 0 Å². The summed E-state index contributed by atoms with van der Waals surface area (Å²) in [6.07, 6.45) is 4.05. The predicted octanol–water partition coefficient (Wildman–Crippen LogP) is 2.88. The minimum absolute atomic E-state index is 0.456. The lowest BCUT2D eigenvalue weighted by atomic mass is 10.1. The Hall–Kier alpha value is -2.28. The van der Waals surface area contributed by atoms with Crippen molar-refractivity contribution < 1.29 is 4.74 Å². The Morgan fingerprint density at radius 3 is 2.81 bits per heavy atom. The van der Waals surface area contributed by atoms with Gasteiger partial charge in [0.1, 0.15) is 0 Å². The van der Waals surface area contributed by atoms with E-state index in [9.17, 15) is 0 Å². The SMILES string of the molecule is CCNC(=NCc1ccc(OC)nc1)NC1CCN(c2cccs2)CC1. The Kier molecular flexibility index (Phi) is 6.71. The van der Waals surface area contributed by atoms with Gasteiger partial charge in [0, 0.05) is 37.9 Å². The van der Waals surface area contributed by atoms with Gasteiger partial charge in [0.25, 0.3) is 0 Å². The monoisotopic (exact) mass is 373 g/mol. The first-order valence-corrected chi connectivity index (χ1v) is 9.98. The van der Waals surface area contributed by atoms with E-state index in [0.717, 1.165) is 44.0 Å². The van der Waals surface area contributed by atoms with Gasteiger partial charge in [0.05, 0.1) is 18.7 Å². The van der Waals surface area contributed by atoms with Crippen LogP contribution in [0.15, 0.2) is 40.8 Å². The zero-order valence-electron chi connectivity index (χ0n) is 15.4. The quantitative estimate of drug-likeness (QED) is 0.602. The number of nitrogens with one attached hydrogen (secondary N) is 2. The highest BCUT2D eigenvalue weighted by Crippen LogP contribution is 2.24. The molecular formula is C19H27N5OS. The van der Waals surface area contributed by atoms with E-state index in [-0.39, 0.29) is 0 Å². The molecule has 26 heavy (non-hydrogen) atoms. The van der Waals surface area contributed by atoms with Gasteiger partial charge in [-0.2, -0.15) is 0 Å². The van der Waals surface area contributed by atoms with E-state index in [4.69, 9.17) is 9.73 Å². The highest BCUT2D eigenvalue weighted by atomic mass is 32.1. The summed E-state index contributed by atoms with van der Waals surface area (Å²) in [5.74, 6) is 1.50. The number of piperidine rings is 1. The van der Waals surface area contributed by atoms with Gasteiger partial charge < -0.3 is 20.3 Å². The van der Waals surface area contributed by atoms with Crippen molar-refractivity contribution in [3.05, 3.63) is 41.4 Å². The fourth-order valence-electron chi connectivity index (χ4n) is 3.00. The van der Waals surface area contributed by atoms with Crippen LogP contribution in [0.2, 0.25) is 0 Å². The first-order valence-electron chi connectivity index (χ1n) is 9.10. The van der Waals surface area contributed by atoms with E-state index in [1.54, 1.807) is 7.11 Å². The molecule has 0 spiro atoms. The number of hydrogen-bond donors (Lipinski definition) is 2. The summed E-state index contributed by atoms with van der Waals surface area (Å²) in [7, 11) is 1.62. The maximum atomic E-state index is 5.09. The number of anilines is 1. The summed E-state index contributed by atoms with van der Waals surface area (Å²) in [6.45, 7) is 5.70. The summed E-state index contributed by atoms with van der Waals surface area (Å²) in [5, 5.41) is 10.4. The van der Waals surface area contributed by atoms with E-state index in [1.807, 2.05) is 29.7 Å². The van der Waals surface area contributed by atoms with Crippen LogP contribution in [0.25, 0.3) is 0 Å². The lowest BCUT2D eigenvalue weighted by molar-refractivity contribution is 0.397. The van der Waals surface area contributed by atoms with Gasteiger partial charge in [-0.05, 0) is 42.8 Å². The van der Waals surface area contributed by atoms with Gasteiger partial charge in [-0.25, -0.2) is 9.98 Å². The third kappa shape index (κ3) is 5.11. The molecule has 3 rings (SSSR count). The number of hydrogen-bond acceptors (Lipinski definition) is 5. The number of methoxy groups -OCH3 is 1. The number of aromatic nitrogens is 1. The van der Waals surface area contributed by atoms with Crippen molar-refractivity contribution in [1.82, 2.24) is 15.6 Å². The molecule has 0 radical (unpaired) electrons. The predicted molar refractivity (Wildman–Crippen MR) is 108 cm³/mol. The fourth-order valence-corrected chi connectivity index (χ4v) is 3.79. The van der Waals surface area contributed by atoms with Gasteiger partial charge in [-0.15, -0.1) is 11.3 Å². The second kappa shape index (κ2) is 9.43. The van der Waals surface area contributed by atoms with Crippen LogP contribution in [0.1, 0.15) is 25.3 Å². The van der Waals surface area contributed by atoms with Crippen LogP contribution in [0.4, 0.5) is 5.00 Å². The number of thiophene rings is 1. The maximum Gasteiger partial charge on any atom is 0.212 e. The Morgan fingerprint density at radius 2 is 2.19 bits per heavy atom. The van der Waals surface area contributed by atoms with E-state index in [1.165, 1.54) is 5.00 Å². The van der Waals surface area contributed by atoms with Crippen molar-refractivity contribution in [2.24, 2.45) is 4.99 Å². The summed E-state index contributed by atoms with van der Waals surface area (Å²) < 4.78 is 5.09. The largest absolute Gasteiger partial charge is 0.481 e. The average molecular weight is 374 g/mol. The molecule has 2 aromatic rings. The zero-order valence-corrected chi connectivity index (χ0v) is 16.3. The molecule has 0 atom stereocenters. The Balaban J connectivity index is 1.52. The van der Waals surface area contributed by atoms with Crippen molar-refractivity contribution in [3.63, 3.8) is 0 Å². The third-order valence-corrected chi connectivity index (χ3v) is 5.35. The van der Waals surface area contributed by atoms with E-state index in [0.29, 0.717) is 18.5 Å². The topological polar surface area (TPSA) is 61.8 Å². The molecule has 1 aliphatic heterocycles. The first-order chi connectivity index (χ1) is 12.8. The molecule has 1 saturated heterocycles. The third-order valence-electron chi connectivity index (χ3n) is 4.42. The van der Waals surface area contributed by atoms with Gasteiger partial charge in [-0.1, -0.05) is 6.07 Å². The molecule has 1 aliphatic rings. The molecule has 3 heterocycles. The first kappa shape index (κ1) is 18.5. The summed E-state index contributed by atoms with van der Waals surface area (Å²) in [5.41, 5.74) is 1.07. The van der Waals surface area contributed by atoms with Crippen molar-refractivity contribution in [2.75, 3.05) is 31.6 Å². The maximum absolute atomic E-state index is 5.09. The van der Waals surface area contributed by atoms with Crippen LogP contribution in [-0.2, 0) is 6.54 Å². The fraction of sp³-hybridized carbons (Fsp3) is 0.474. The number of ether oxygens (including phenoxy) is 1. The van der Waals surface area contributed by atoms with Gasteiger partial charge in [0.2, 0.25) is 5.88 Å². The number of nitrogens with zero attached hydrogens (tertiary/aromatic N) is 3. The number of rotatable bonds is 6. The normalized spacial score (nSPS) is 15.8. The van der Waals surface area contributed by atoms with Crippen LogP contribution in [0.3, 0.4) is 0 Å². The smallest absolute Gasteiger partial charge is 0.212 e. The molecule has 2 aromatic heterocycles. The minimum atomic E-state index is 0.456. The molecule has 0 saturated carbocycles. The minimum Gasteiger partial charge on any atom is -0.481 e. The van der Waals surface area contributed by atoms with Crippen molar-refractivity contribution in [1.29, 1.82) is 0 Å². The highest BCUT2D eigenvalue weighted by Gasteiger charge is 2.20. The summed E-state index contributed by atoms with van der Waals surface area (Å²) >= 11 is 1.82. The Labute approximate surface area is 159 Å². The molecule has 0 aromatic carbocycles. The lowest BCUT2D eigenvalue weighted by Crippen LogP contribution is -2.48. The number of guanidine groups is 1. The highest BCUT2D eigenvalue weighted by molar-refractivity contribution is 7.14. The molecule has 0 bridgehead atoms. The molecule has 7 heteroatoms. The van der Waals surface area contributed by atoms with E-state index < -0.39 is 0 Å². The second-order valence-corrected chi connectivity index (χ2v) is 7.19. The standard InChI is InChI=1S/C19H27N5OS/c1-3-20-19(22-14-15-6-7-17(25-2)21-13-15)23-16-8-10-24(11-9-16)18-5-4-12-26-18/h4-7,12-13,16H,3,8-11,14H2,1-2H3,(H2,20,22,23). The molecular weight excluding hydrogens is 346 g/mol. The van der Waals surface area contributed by atoms with Gasteiger partial charge >= 0.3 is 0 Å². The van der Waals surface area contributed by atoms with Crippen LogP contribution >= 0.6 is 11.3 Å². The summed E-state index contributed by atoms with van der Waals surface area (Å²) in [4.78, 5) is 11.4. The molecule has 140 valence electrons. The van der Waals surface area contributed by atoms with Crippen LogP contribution < -0.4 is 20.3 Å². The molecule has 1 fully saturated rings. The van der Waals surface area contributed by atoms with Crippen LogP contribution in [0.5, 0.6) is 5.88 Å². The Bertz CT molecular complexity index is 678. The number of pyridine rings is 1. The lowest BCUT2D eigenvalue weighted by Gasteiger charge is -2.33. The molecule has 6 nitrogen and oxygen atoms in total. The van der Waals surface area contributed by atoms with Gasteiger partial charge in [0.15, 0.2) is 5.96 Å². The van der Waals surface area contributed by atoms with E-state index >= 15 is 0 Å². The van der Waals surface area contributed by atoms with Crippen molar-refractivity contribution in [2.45, 2.75) is 32.4 Å².